The van der Waals surface area contributed by atoms with E-state index in [0.29, 0.717) is 25.5 Å². The Labute approximate surface area is 122 Å². The highest BCUT2D eigenvalue weighted by Crippen LogP contribution is 2.15. The van der Waals surface area contributed by atoms with Crippen LogP contribution in [-0.2, 0) is 14.3 Å². The summed E-state index contributed by atoms with van der Waals surface area (Å²) in [6.07, 6.45) is 1.85. The van der Waals surface area contributed by atoms with Crippen molar-refractivity contribution in [3.05, 3.63) is 12.4 Å². The molecule has 8 heteroatoms. The first kappa shape index (κ1) is 15.2. The lowest BCUT2D eigenvalue weighted by atomic mass is 10.2. The Bertz CT molecular complexity index is 503. The maximum Gasteiger partial charge on any atom is 0.303 e. The van der Waals surface area contributed by atoms with E-state index in [1.165, 1.54) is 6.33 Å². The molecular formula is C13H18N4O4. The van der Waals surface area contributed by atoms with Crippen molar-refractivity contribution in [1.29, 1.82) is 0 Å². The van der Waals surface area contributed by atoms with Crippen LogP contribution in [0.5, 0.6) is 0 Å². The third-order valence-corrected chi connectivity index (χ3v) is 3.05. The highest BCUT2D eigenvalue weighted by molar-refractivity contribution is 5.90. The molecule has 1 aliphatic rings. The Kier molecular flexibility index (Phi) is 5.44. The maximum absolute atomic E-state index is 11.7. The summed E-state index contributed by atoms with van der Waals surface area (Å²) in [6, 6.07) is 1.71. The average molecular weight is 294 g/mol. The van der Waals surface area contributed by atoms with Gasteiger partial charge >= 0.3 is 5.97 Å². The zero-order chi connectivity index (χ0) is 15.1. The highest BCUT2D eigenvalue weighted by atomic mass is 16.5. The van der Waals surface area contributed by atoms with Crippen molar-refractivity contribution in [2.75, 3.05) is 36.5 Å². The van der Waals surface area contributed by atoms with Crippen LogP contribution < -0.4 is 10.2 Å². The van der Waals surface area contributed by atoms with Crippen molar-refractivity contribution in [2.24, 2.45) is 0 Å². The van der Waals surface area contributed by atoms with Crippen LogP contribution in [0.1, 0.15) is 19.3 Å². The van der Waals surface area contributed by atoms with Gasteiger partial charge in [0.1, 0.15) is 18.0 Å². The predicted molar refractivity (Wildman–Crippen MR) is 75.2 cm³/mol. The summed E-state index contributed by atoms with van der Waals surface area (Å²) in [4.78, 5) is 32.3. The number of aromatic nitrogens is 2. The molecule has 0 unspecified atom stereocenters. The Balaban J connectivity index is 1.88. The van der Waals surface area contributed by atoms with Gasteiger partial charge in [0, 0.05) is 32.0 Å². The molecule has 1 saturated heterocycles. The van der Waals surface area contributed by atoms with Gasteiger partial charge in [-0.2, -0.15) is 0 Å². The number of nitrogens with one attached hydrogen (secondary N) is 1. The lowest BCUT2D eigenvalue weighted by Crippen LogP contribution is -2.36. The highest BCUT2D eigenvalue weighted by Gasteiger charge is 2.13. The van der Waals surface area contributed by atoms with E-state index >= 15 is 0 Å². The standard InChI is InChI=1S/C13H18N4O4/c18-12(2-1-3-13(19)20)16-10-8-11(15-9-14-10)17-4-6-21-7-5-17/h8-9H,1-7H2,(H,19,20)(H,14,15,16,18). The lowest BCUT2D eigenvalue weighted by Gasteiger charge is -2.27. The van der Waals surface area contributed by atoms with Gasteiger partial charge in [-0.05, 0) is 6.42 Å². The molecule has 1 aliphatic heterocycles. The van der Waals surface area contributed by atoms with Crippen molar-refractivity contribution in [3.8, 4) is 0 Å². The molecule has 21 heavy (non-hydrogen) atoms. The fourth-order valence-corrected chi connectivity index (χ4v) is 1.99. The largest absolute Gasteiger partial charge is 0.481 e. The van der Waals surface area contributed by atoms with Crippen LogP contribution in [-0.4, -0.2) is 53.3 Å². The van der Waals surface area contributed by atoms with Crippen LogP contribution >= 0.6 is 0 Å². The molecule has 0 aliphatic carbocycles. The first-order valence-electron chi connectivity index (χ1n) is 6.81. The first-order valence-corrected chi connectivity index (χ1v) is 6.81. The van der Waals surface area contributed by atoms with Gasteiger partial charge in [0.05, 0.1) is 13.2 Å². The number of ether oxygens (including phenoxy) is 1. The topological polar surface area (TPSA) is 105 Å². The third kappa shape index (κ3) is 4.99. The SMILES string of the molecule is O=C(O)CCCC(=O)Nc1cc(N2CCOCC2)ncn1. The molecule has 1 amide bonds. The zero-order valence-corrected chi connectivity index (χ0v) is 11.6. The van der Waals surface area contributed by atoms with E-state index in [4.69, 9.17) is 9.84 Å². The first-order chi connectivity index (χ1) is 10.1. The molecule has 0 spiro atoms. The number of anilines is 2. The fourth-order valence-electron chi connectivity index (χ4n) is 1.99. The van der Waals surface area contributed by atoms with Crippen molar-refractivity contribution in [3.63, 3.8) is 0 Å². The maximum atomic E-state index is 11.7. The van der Waals surface area contributed by atoms with Gasteiger partial charge in [-0.1, -0.05) is 0 Å². The monoisotopic (exact) mass is 294 g/mol. The van der Waals surface area contributed by atoms with Gasteiger partial charge in [-0.25, -0.2) is 9.97 Å². The predicted octanol–water partition coefficient (Wildman–Crippen LogP) is 0.507. The number of carboxylic acid groups (broad SMARTS) is 1. The van der Waals surface area contributed by atoms with E-state index in [-0.39, 0.29) is 18.7 Å². The van der Waals surface area contributed by atoms with E-state index < -0.39 is 5.97 Å². The Morgan fingerprint density at radius 3 is 2.76 bits per heavy atom. The number of rotatable bonds is 6. The number of carbonyl (C=O) groups is 2. The number of hydrogen-bond donors (Lipinski definition) is 2. The number of morpholine rings is 1. The minimum absolute atomic E-state index is 0.0176. The van der Waals surface area contributed by atoms with Crippen LogP contribution in [0.2, 0.25) is 0 Å². The second kappa shape index (κ2) is 7.53. The number of carbonyl (C=O) groups excluding carboxylic acids is 1. The summed E-state index contributed by atoms with van der Waals surface area (Å²) in [7, 11) is 0. The Hall–Kier alpha value is -2.22. The van der Waals surface area contributed by atoms with Crippen molar-refractivity contribution in [1.82, 2.24) is 9.97 Å². The third-order valence-electron chi connectivity index (χ3n) is 3.05. The average Bonchev–Trinajstić information content (AvgIpc) is 2.48. The van der Waals surface area contributed by atoms with Crippen LogP contribution in [0.3, 0.4) is 0 Å². The molecular weight excluding hydrogens is 276 g/mol. The second-order valence-corrected chi connectivity index (χ2v) is 4.66. The molecule has 2 rings (SSSR count). The molecule has 0 radical (unpaired) electrons. The van der Waals surface area contributed by atoms with Gasteiger partial charge in [-0.3, -0.25) is 9.59 Å². The second-order valence-electron chi connectivity index (χ2n) is 4.66. The smallest absolute Gasteiger partial charge is 0.303 e. The Morgan fingerprint density at radius 1 is 1.29 bits per heavy atom. The number of carboxylic acids is 1. The molecule has 0 saturated carbocycles. The molecule has 2 N–H and O–H groups in total. The van der Waals surface area contributed by atoms with Gasteiger partial charge < -0.3 is 20.1 Å². The lowest BCUT2D eigenvalue weighted by molar-refractivity contribution is -0.137. The molecule has 0 atom stereocenters. The summed E-state index contributed by atoms with van der Waals surface area (Å²) in [6.45, 7) is 2.81. The van der Waals surface area contributed by atoms with Crippen molar-refractivity contribution in [2.45, 2.75) is 19.3 Å². The minimum atomic E-state index is -0.903. The number of hydrogen-bond acceptors (Lipinski definition) is 6. The van der Waals surface area contributed by atoms with Gasteiger partial charge in [0.2, 0.25) is 5.91 Å². The summed E-state index contributed by atoms with van der Waals surface area (Å²) in [5.41, 5.74) is 0. The number of amides is 1. The summed E-state index contributed by atoms with van der Waals surface area (Å²) in [5.74, 6) is 0.0169. The van der Waals surface area contributed by atoms with E-state index in [2.05, 4.69) is 20.2 Å². The van der Waals surface area contributed by atoms with E-state index in [1.54, 1.807) is 6.07 Å². The molecule has 2 heterocycles. The van der Waals surface area contributed by atoms with Gasteiger partial charge in [-0.15, -0.1) is 0 Å². The minimum Gasteiger partial charge on any atom is -0.481 e. The summed E-state index contributed by atoms with van der Waals surface area (Å²) < 4.78 is 5.28. The molecule has 114 valence electrons. The summed E-state index contributed by atoms with van der Waals surface area (Å²) in [5, 5.41) is 11.2. The molecule has 1 aromatic heterocycles. The molecule has 1 fully saturated rings. The molecule has 8 nitrogen and oxygen atoms in total. The van der Waals surface area contributed by atoms with Crippen molar-refractivity contribution >= 4 is 23.5 Å². The fraction of sp³-hybridized carbons (Fsp3) is 0.538. The van der Waals surface area contributed by atoms with Crippen LogP contribution in [0.15, 0.2) is 12.4 Å². The van der Waals surface area contributed by atoms with E-state index in [9.17, 15) is 9.59 Å². The summed E-state index contributed by atoms with van der Waals surface area (Å²) >= 11 is 0. The van der Waals surface area contributed by atoms with Gasteiger partial charge in [0.25, 0.3) is 0 Å². The van der Waals surface area contributed by atoms with Crippen LogP contribution in [0.4, 0.5) is 11.6 Å². The van der Waals surface area contributed by atoms with E-state index in [0.717, 1.165) is 18.9 Å². The zero-order valence-electron chi connectivity index (χ0n) is 11.6. The van der Waals surface area contributed by atoms with Crippen LogP contribution in [0, 0.1) is 0 Å². The van der Waals surface area contributed by atoms with Crippen LogP contribution in [0.25, 0.3) is 0 Å². The van der Waals surface area contributed by atoms with Crippen molar-refractivity contribution < 1.29 is 19.4 Å². The Morgan fingerprint density at radius 2 is 2.05 bits per heavy atom. The normalized spacial score (nSPS) is 14.8. The molecule has 0 aromatic carbocycles. The molecule has 0 bridgehead atoms. The number of aliphatic carboxylic acids is 1. The number of nitrogens with zero attached hydrogens (tertiary/aromatic N) is 3. The van der Waals surface area contributed by atoms with E-state index in [1.807, 2.05) is 0 Å². The van der Waals surface area contributed by atoms with Gasteiger partial charge in [0.15, 0.2) is 0 Å². The quantitative estimate of drug-likeness (QED) is 0.787. The molecule has 1 aromatic rings.